The highest BCUT2D eigenvalue weighted by Gasteiger charge is 2.22. The number of anilines is 1. The minimum atomic E-state index is 0.148. The third-order valence-electron chi connectivity index (χ3n) is 2.50. The molecule has 1 aliphatic rings. The van der Waals surface area contributed by atoms with Gasteiger partial charge in [0.1, 0.15) is 6.33 Å². The fourth-order valence-corrected chi connectivity index (χ4v) is 1.40. The van der Waals surface area contributed by atoms with Crippen LogP contribution in [0.2, 0.25) is 0 Å². The lowest BCUT2D eigenvalue weighted by atomic mass is 10.5. The van der Waals surface area contributed by atoms with E-state index in [1.807, 2.05) is 0 Å². The van der Waals surface area contributed by atoms with Gasteiger partial charge in [0.2, 0.25) is 11.9 Å². The Balaban J connectivity index is 1.83. The van der Waals surface area contributed by atoms with Gasteiger partial charge >= 0.3 is 6.01 Å². The van der Waals surface area contributed by atoms with Crippen LogP contribution < -0.4 is 10.5 Å². The molecule has 17 heavy (non-hydrogen) atoms. The maximum atomic E-state index is 5.61. The first kappa shape index (κ1) is 10.0. The van der Waals surface area contributed by atoms with Crippen molar-refractivity contribution in [3.8, 4) is 12.0 Å². The first-order chi connectivity index (χ1) is 8.31. The Morgan fingerprint density at radius 1 is 1.35 bits per heavy atom. The number of imidazole rings is 1. The van der Waals surface area contributed by atoms with E-state index >= 15 is 0 Å². The number of ether oxygens (including phenoxy) is 1. The highest BCUT2D eigenvalue weighted by atomic mass is 16.5. The van der Waals surface area contributed by atoms with E-state index in [-0.39, 0.29) is 12.0 Å². The first-order valence-electron chi connectivity index (χ1n) is 5.44. The highest BCUT2D eigenvalue weighted by Crippen LogP contribution is 2.29. The minimum Gasteiger partial charge on any atom is -0.463 e. The molecule has 7 heteroatoms. The van der Waals surface area contributed by atoms with Crippen LogP contribution in [0.15, 0.2) is 18.7 Å². The zero-order valence-corrected chi connectivity index (χ0v) is 9.15. The number of nitrogen functional groups attached to an aromatic ring is 1. The second-order valence-electron chi connectivity index (χ2n) is 4.00. The van der Waals surface area contributed by atoms with E-state index in [0.717, 1.165) is 0 Å². The summed E-state index contributed by atoms with van der Waals surface area (Å²) in [6.07, 6.45) is 7.41. The predicted octanol–water partition coefficient (Wildman–Crippen LogP) is 0.428. The first-order valence-corrected chi connectivity index (χ1v) is 5.44. The number of aromatic nitrogens is 5. The van der Waals surface area contributed by atoms with Gasteiger partial charge in [0.25, 0.3) is 0 Å². The van der Waals surface area contributed by atoms with E-state index in [4.69, 9.17) is 10.5 Å². The fraction of sp³-hybridized carbons (Fsp3) is 0.400. The third-order valence-corrected chi connectivity index (χ3v) is 2.50. The molecule has 1 saturated carbocycles. The molecule has 0 bridgehead atoms. The molecule has 0 aliphatic heterocycles. The molecule has 2 aromatic rings. The predicted molar refractivity (Wildman–Crippen MR) is 59.6 cm³/mol. The summed E-state index contributed by atoms with van der Waals surface area (Å²) in [7, 11) is 0. The van der Waals surface area contributed by atoms with Gasteiger partial charge in [0.15, 0.2) is 0 Å². The lowest BCUT2D eigenvalue weighted by Gasteiger charge is -2.05. The Morgan fingerprint density at radius 2 is 2.24 bits per heavy atom. The van der Waals surface area contributed by atoms with Gasteiger partial charge in [-0.25, -0.2) is 4.98 Å². The number of nitrogens with two attached hydrogens (primary N) is 1. The third kappa shape index (κ3) is 2.32. The van der Waals surface area contributed by atoms with Gasteiger partial charge in [-0.3, -0.25) is 4.57 Å². The van der Waals surface area contributed by atoms with E-state index in [1.54, 1.807) is 23.3 Å². The van der Waals surface area contributed by atoms with Crippen molar-refractivity contribution in [2.75, 3.05) is 12.3 Å². The van der Waals surface area contributed by atoms with Crippen LogP contribution in [-0.2, 0) is 0 Å². The summed E-state index contributed by atoms with van der Waals surface area (Å²) in [4.78, 5) is 16.1. The molecule has 0 atom stereocenters. The summed E-state index contributed by atoms with van der Waals surface area (Å²) >= 11 is 0. The molecule has 3 rings (SSSR count). The van der Waals surface area contributed by atoms with Crippen molar-refractivity contribution in [1.82, 2.24) is 24.5 Å². The van der Waals surface area contributed by atoms with Crippen molar-refractivity contribution in [3.05, 3.63) is 18.7 Å². The quantitative estimate of drug-likeness (QED) is 0.821. The number of rotatable bonds is 4. The summed E-state index contributed by atoms with van der Waals surface area (Å²) in [5, 5.41) is 0. The van der Waals surface area contributed by atoms with Gasteiger partial charge in [-0.1, -0.05) is 0 Å². The van der Waals surface area contributed by atoms with Crippen molar-refractivity contribution >= 4 is 5.95 Å². The van der Waals surface area contributed by atoms with Gasteiger partial charge in [-0.05, 0) is 18.8 Å². The maximum Gasteiger partial charge on any atom is 0.323 e. The van der Waals surface area contributed by atoms with Crippen molar-refractivity contribution in [1.29, 1.82) is 0 Å². The molecule has 0 spiro atoms. The molecular formula is C10H12N6O. The van der Waals surface area contributed by atoms with Crippen LogP contribution >= 0.6 is 0 Å². The molecule has 0 saturated heterocycles. The monoisotopic (exact) mass is 232 g/mol. The Morgan fingerprint density at radius 3 is 2.94 bits per heavy atom. The van der Waals surface area contributed by atoms with E-state index in [1.165, 1.54) is 12.8 Å². The second-order valence-corrected chi connectivity index (χ2v) is 4.00. The lowest BCUT2D eigenvalue weighted by Crippen LogP contribution is -2.09. The molecule has 7 nitrogen and oxygen atoms in total. The maximum absolute atomic E-state index is 5.61. The minimum absolute atomic E-state index is 0.148. The SMILES string of the molecule is Nc1nc(OCC2CC2)nc(-n2ccnc2)n1. The van der Waals surface area contributed by atoms with Gasteiger partial charge in [-0.2, -0.15) is 15.0 Å². The van der Waals surface area contributed by atoms with Crippen LogP contribution in [0.4, 0.5) is 5.95 Å². The summed E-state index contributed by atoms with van der Waals surface area (Å²) in [6, 6.07) is 0.271. The topological polar surface area (TPSA) is 91.7 Å². The van der Waals surface area contributed by atoms with Crippen LogP contribution in [0.1, 0.15) is 12.8 Å². The average Bonchev–Trinajstić information content (AvgIpc) is 2.98. The lowest BCUT2D eigenvalue weighted by molar-refractivity contribution is 0.275. The molecule has 2 aromatic heterocycles. The Kier molecular flexibility index (Phi) is 2.36. The van der Waals surface area contributed by atoms with Crippen LogP contribution in [-0.4, -0.2) is 31.1 Å². The Labute approximate surface area is 97.7 Å². The highest BCUT2D eigenvalue weighted by molar-refractivity contribution is 5.25. The zero-order chi connectivity index (χ0) is 11.7. The van der Waals surface area contributed by atoms with E-state index in [2.05, 4.69) is 19.9 Å². The van der Waals surface area contributed by atoms with Gasteiger partial charge in [-0.15, -0.1) is 0 Å². The fourth-order valence-electron chi connectivity index (χ4n) is 1.40. The largest absolute Gasteiger partial charge is 0.463 e. The summed E-state index contributed by atoms with van der Waals surface area (Å²) in [5.74, 6) is 1.21. The summed E-state index contributed by atoms with van der Waals surface area (Å²) < 4.78 is 7.13. The zero-order valence-electron chi connectivity index (χ0n) is 9.15. The van der Waals surface area contributed by atoms with Gasteiger partial charge in [0.05, 0.1) is 6.61 Å². The Bertz CT molecular complexity index is 508. The molecule has 0 radical (unpaired) electrons. The van der Waals surface area contributed by atoms with E-state index < -0.39 is 0 Å². The van der Waals surface area contributed by atoms with Crippen molar-refractivity contribution in [2.45, 2.75) is 12.8 Å². The van der Waals surface area contributed by atoms with Gasteiger partial charge < -0.3 is 10.5 Å². The van der Waals surface area contributed by atoms with Gasteiger partial charge in [0, 0.05) is 12.4 Å². The molecule has 0 aromatic carbocycles. The standard InChI is InChI=1S/C10H12N6O/c11-8-13-9(16-4-3-12-6-16)15-10(14-8)17-5-7-1-2-7/h3-4,6-7H,1-2,5H2,(H2,11,13,14,15). The van der Waals surface area contributed by atoms with E-state index in [0.29, 0.717) is 18.5 Å². The molecule has 0 amide bonds. The van der Waals surface area contributed by atoms with E-state index in [9.17, 15) is 0 Å². The smallest absolute Gasteiger partial charge is 0.323 e. The number of hydrogen-bond donors (Lipinski definition) is 1. The molecule has 0 unspecified atom stereocenters. The summed E-state index contributed by atoms with van der Waals surface area (Å²) in [5.41, 5.74) is 5.61. The molecular weight excluding hydrogens is 220 g/mol. The van der Waals surface area contributed by atoms with Crippen LogP contribution in [0.5, 0.6) is 6.01 Å². The molecule has 88 valence electrons. The normalized spacial score (nSPS) is 14.8. The molecule has 1 aliphatic carbocycles. The average molecular weight is 232 g/mol. The number of nitrogens with zero attached hydrogens (tertiary/aromatic N) is 5. The number of hydrogen-bond acceptors (Lipinski definition) is 6. The molecule has 2 N–H and O–H groups in total. The van der Waals surface area contributed by atoms with Crippen LogP contribution in [0, 0.1) is 5.92 Å². The van der Waals surface area contributed by atoms with Crippen LogP contribution in [0.3, 0.4) is 0 Å². The Hall–Kier alpha value is -2.18. The van der Waals surface area contributed by atoms with Crippen molar-refractivity contribution < 1.29 is 4.74 Å². The summed E-state index contributed by atoms with van der Waals surface area (Å²) in [6.45, 7) is 0.646. The van der Waals surface area contributed by atoms with Crippen molar-refractivity contribution in [3.63, 3.8) is 0 Å². The van der Waals surface area contributed by atoms with Crippen LogP contribution in [0.25, 0.3) is 5.95 Å². The molecule has 2 heterocycles. The second kappa shape index (κ2) is 4.00. The van der Waals surface area contributed by atoms with Crippen molar-refractivity contribution in [2.24, 2.45) is 5.92 Å². The molecule has 1 fully saturated rings.